The van der Waals surface area contributed by atoms with Gasteiger partial charge < -0.3 is 20.2 Å². The highest BCUT2D eigenvalue weighted by Gasteiger charge is 2.40. The van der Waals surface area contributed by atoms with Crippen LogP contribution in [0.5, 0.6) is 0 Å². The Labute approximate surface area is 155 Å². The Morgan fingerprint density at radius 1 is 1.15 bits per heavy atom. The van der Waals surface area contributed by atoms with Gasteiger partial charge in [0.25, 0.3) is 0 Å². The number of hydrogen-bond donors (Lipinski definition) is 2. The molecule has 2 N–H and O–H groups in total. The van der Waals surface area contributed by atoms with Gasteiger partial charge in [-0.2, -0.15) is 0 Å². The number of benzene rings is 1. The molecule has 0 bridgehead atoms. The summed E-state index contributed by atoms with van der Waals surface area (Å²) in [4.78, 5) is 28.2. The third kappa shape index (κ3) is 4.55. The van der Waals surface area contributed by atoms with Crippen LogP contribution in [0.4, 0.5) is 4.79 Å². The number of nitrogens with one attached hydrogen (secondary N) is 1. The minimum atomic E-state index is -0.744. The summed E-state index contributed by atoms with van der Waals surface area (Å²) in [5, 5.41) is 13.0. The first-order chi connectivity index (χ1) is 12.3. The third-order valence-corrected chi connectivity index (χ3v) is 5.51. The first kappa shape index (κ1) is 18.7. The Morgan fingerprint density at radius 2 is 1.85 bits per heavy atom. The van der Waals surface area contributed by atoms with E-state index in [0.29, 0.717) is 32.6 Å². The van der Waals surface area contributed by atoms with Gasteiger partial charge in [-0.25, -0.2) is 4.79 Å². The molecule has 1 aromatic rings. The summed E-state index contributed by atoms with van der Waals surface area (Å²) in [6.45, 7) is 6.02. The van der Waals surface area contributed by atoms with Crippen molar-refractivity contribution in [2.75, 3.05) is 26.2 Å². The SMILES string of the molecule is CC(C)(O)C1CN(C(=O)NC2CCN(C(=O)CCc3ccccc3)C2)C1. The lowest BCUT2D eigenvalue weighted by atomic mass is 9.85. The van der Waals surface area contributed by atoms with E-state index in [1.54, 1.807) is 18.7 Å². The van der Waals surface area contributed by atoms with E-state index >= 15 is 0 Å². The smallest absolute Gasteiger partial charge is 0.317 e. The molecule has 2 aliphatic rings. The van der Waals surface area contributed by atoms with Crippen LogP contribution < -0.4 is 5.32 Å². The minimum Gasteiger partial charge on any atom is -0.390 e. The fourth-order valence-electron chi connectivity index (χ4n) is 3.52. The second kappa shape index (κ2) is 7.66. The Morgan fingerprint density at radius 3 is 2.50 bits per heavy atom. The third-order valence-electron chi connectivity index (χ3n) is 5.51. The van der Waals surface area contributed by atoms with Gasteiger partial charge in [-0.3, -0.25) is 4.79 Å². The van der Waals surface area contributed by atoms with Crippen molar-refractivity contribution in [3.05, 3.63) is 35.9 Å². The zero-order valence-electron chi connectivity index (χ0n) is 15.6. The summed E-state index contributed by atoms with van der Waals surface area (Å²) >= 11 is 0. The van der Waals surface area contributed by atoms with Gasteiger partial charge >= 0.3 is 6.03 Å². The second-order valence-electron chi connectivity index (χ2n) is 8.02. The van der Waals surface area contributed by atoms with E-state index in [0.717, 1.165) is 12.8 Å². The molecule has 3 amide bonds. The zero-order valence-corrected chi connectivity index (χ0v) is 15.6. The largest absolute Gasteiger partial charge is 0.390 e. The lowest BCUT2D eigenvalue weighted by molar-refractivity contribution is -0.130. The standard InChI is InChI=1S/C20H29N3O3/c1-20(2,26)16-12-23(13-16)19(25)21-17-10-11-22(14-17)18(24)9-8-15-6-4-3-5-7-15/h3-7,16-17,26H,8-14H2,1-2H3,(H,21,25). The summed E-state index contributed by atoms with van der Waals surface area (Å²) in [7, 11) is 0. The molecule has 2 aliphatic heterocycles. The molecule has 0 spiro atoms. The first-order valence-electron chi connectivity index (χ1n) is 9.42. The van der Waals surface area contributed by atoms with Gasteiger partial charge in [0, 0.05) is 44.6 Å². The molecule has 2 saturated heterocycles. The number of aryl methyl sites for hydroxylation is 1. The normalized spacial score (nSPS) is 20.8. The van der Waals surface area contributed by atoms with E-state index in [-0.39, 0.29) is 23.9 Å². The maximum atomic E-state index is 12.4. The second-order valence-corrected chi connectivity index (χ2v) is 8.02. The number of nitrogens with zero attached hydrogens (tertiary/aromatic N) is 2. The van der Waals surface area contributed by atoms with Gasteiger partial charge in [0.05, 0.1) is 5.60 Å². The molecule has 0 aromatic heterocycles. The molecule has 6 heteroatoms. The van der Waals surface area contributed by atoms with Crippen molar-refractivity contribution in [2.45, 2.75) is 44.8 Å². The van der Waals surface area contributed by atoms with E-state index in [1.165, 1.54) is 5.56 Å². The van der Waals surface area contributed by atoms with Crippen molar-refractivity contribution in [3.8, 4) is 0 Å². The summed E-state index contributed by atoms with van der Waals surface area (Å²) in [6.07, 6.45) is 2.05. The van der Waals surface area contributed by atoms with Crippen molar-refractivity contribution < 1.29 is 14.7 Å². The molecule has 1 aromatic carbocycles. The number of likely N-dealkylation sites (tertiary alicyclic amines) is 2. The van der Waals surface area contributed by atoms with Gasteiger partial charge in [0.15, 0.2) is 0 Å². The molecule has 26 heavy (non-hydrogen) atoms. The van der Waals surface area contributed by atoms with Gasteiger partial charge in [-0.05, 0) is 32.3 Å². The molecule has 142 valence electrons. The molecular weight excluding hydrogens is 330 g/mol. The van der Waals surface area contributed by atoms with E-state index in [4.69, 9.17) is 0 Å². The Kier molecular flexibility index (Phi) is 5.51. The Bertz CT molecular complexity index is 635. The van der Waals surface area contributed by atoms with Crippen molar-refractivity contribution in [3.63, 3.8) is 0 Å². The van der Waals surface area contributed by atoms with Crippen LogP contribution >= 0.6 is 0 Å². The lowest BCUT2D eigenvalue weighted by Crippen LogP contribution is -2.61. The number of rotatable bonds is 5. The van der Waals surface area contributed by atoms with Crippen LogP contribution in [0.25, 0.3) is 0 Å². The summed E-state index contributed by atoms with van der Waals surface area (Å²) in [5.41, 5.74) is 0.426. The number of aliphatic hydroxyl groups is 1. The Balaban J connectivity index is 1.38. The summed E-state index contributed by atoms with van der Waals surface area (Å²) in [5.74, 6) is 0.282. The van der Waals surface area contributed by atoms with Crippen LogP contribution in [-0.2, 0) is 11.2 Å². The van der Waals surface area contributed by atoms with Crippen LogP contribution in [0.2, 0.25) is 0 Å². The highest BCUT2D eigenvalue weighted by molar-refractivity contribution is 5.78. The van der Waals surface area contributed by atoms with E-state index < -0.39 is 5.60 Å². The number of carbonyl (C=O) groups excluding carboxylic acids is 2. The molecule has 0 radical (unpaired) electrons. The highest BCUT2D eigenvalue weighted by atomic mass is 16.3. The number of urea groups is 1. The van der Waals surface area contributed by atoms with Gasteiger partial charge in [-0.15, -0.1) is 0 Å². The van der Waals surface area contributed by atoms with Crippen molar-refractivity contribution in [1.82, 2.24) is 15.1 Å². The molecule has 6 nitrogen and oxygen atoms in total. The predicted molar refractivity (Wildman–Crippen MR) is 99.6 cm³/mol. The molecule has 3 rings (SSSR count). The van der Waals surface area contributed by atoms with Crippen molar-refractivity contribution in [1.29, 1.82) is 0 Å². The lowest BCUT2D eigenvalue weighted by Gasteiger charge is -2.45. The Hall–Kier alpha value is -2.08. The predicted octanol–water partition coefficient (Wildman–Crippen LogP) is 1.63. The maximum absolute atomic E-state index is 12.4. The van der Waals surface area contributed by atoms with Gasteiger partial charge in [-0.1, -0.05) is 30.3 Å². The average molecular weight is 359 g/mol. The van der Waals surface area contributed by atoms with Crippen LogP contribution in [-0.4, -0.2) is 64.7 Å². The average Bonchev–Trinajstić information content (AvgIpc) is 2.99. The van der Waals surface area contributed by atoms with Crippen LogP contribution in [0.3, 0.4) is 0 Å². The fraction of sp³-hybridized carbons (Fsp3) is 0.600. The molecule has 1 atom stereocenters. The summed E-state index contributed by atoms with van der Waals surface area (Å²) < 4.78 is 0. The molecule has 0 aliphatic carbocycles. The molecule has 2 fully saturated rings. The van der Waals surface area contributed by atoms with E-state index in [1.807, 2.05) is 35.2 Å². The number of amides is 3. The number of carbonyl (C=O) groups is 2. The van der Waals surface area contributed by atoms with Crippen LogP contribution in [0.1, 0.15) is 32.3 Å². The molecular formula is C20H29N3O3. The van der Waals surface area contributed by atoms with Crippen molar-refractivity contribution in [2.24, 2.45) is 5.92 Å². The van der Waals surface area contributed by atoms with Gasteiger partial charge in [0.1, 0.15) is 0 Å². The van der Waals surface area contributed by atoms with Crippen LogP contribution in [0.15, 0.2) is 30.3 Å². The monoisotopic (exact) mass is 359 g/mol. The quantitative estimate of drug-likeness (QED) is 0.839. The maximum Gasteiger partial charge on any atom is 0.317 e. The topological polar surface area (TPSA) is 72.9 Å². The molecule has 2 heterocycles. The van der Waals surface area contributed by atoms with Gasteiger partial charge in [0.2, 0.25) is 5.91 Å². The first-order valence-corrected chi connectivity index (χ1v) is 9.42. The molecule has 1 unspecified atom stereocenters. The minimum absolute atomic E-state index is 0.0179. The van der Waals surface area contributed by atoms with E-state index in [2.05, 4.69) is 5.32 Å². The van der Waals surface area contributed by atoms with Crippen molar-refractivity contribution >= 4 is 11.9 Å². The fourth-order valence-corrected chi connectivity index (χ4v) is 3.52. The zero-order chi connectivity index (χ0) is 18.7. The summed E-state index contributed by atoms with van der Waals surface area (Å²) in [6, 6.07) is 9.95. The van der Waals surface area contributed by atoms with E-state index in [9.17, 15) is 14.7 Å². The number of hydrogen-bond acceptors (Lipinski definition) is 3. The molecule has 0 saturated carbocycles. The van der Waals surface area contributed by atoms with Crippen LogP contribution in [0, 0.1) is 5.92 Å². The highest BCUT2D eigenvalue weighted by Crippen LogP contribution is 2.27.